The summed E-state index contributed by atoms with van der Waals surface area (Å²) in [5.74, 6) is 1.04. The maximum atomic E-state index is 10.9. The molecule has 1 saturated carbocycles. The van der Waals surface area contributed by atoms with Gasteiger partial charge in [0.25, 0.3) is 0 Å². The van der Waals surface area contributed by atoms with Crippen LogP contribution >= 0.6 is 0 Å². The van der Waals surface area contributed by atoms with Crippen LogP contribution in [-0.4, -0.2) is 33.0 Å². The van der Waals surface area contributed by atoms with Gasteiger partial charge in [0, 0.05) is 12.3 Å². The van der Waals surface area contributed by atoms with Gasteiger partial charge in [0.2, 0.25) is 0 Å². The molecule has 1 aliphatic carbocycles. The molecule has 1 N–H and O–H groups in total. The zero-order valence-corrected chi connectivity index (χ0v) is 9.23. The van der Waals surface area contributed by atoms with E-state index >= 15 is 0 Å². The second-order valence-electron chi connectivity index (χ2n) is 4.20. The molecule has 0 aromatic rings. The summed E-state index contributed by atoms with van der Waals surface area (Å²) in [7, 11) is -2.82. The average Bonchev–Trinajstić information content (AvgIpc) is 1.78. The lowest BCUT2D eigenvalue weighted by atomic mass is 9.85. The van der Waals surface area contributed by atoms with Gasteiger partial charge in [-0.15, -0.1) is 0 Å². The highest BCUT2D eigenvalue weighted by atomic mass is 32.2. The van der Waals surface area contributed by atoms with E-state index in [0.29, 0.717) is 0 Å². The van der Waals surface area contributed by atoms with Gasteiger partial charge in [-0.05, 0) is 32.2 Å². The normalized spacial score (nSPS) is 21.1. The number of nitrogens with one attached hydrogen (secondary N) is 1. The molecule has 0 amide bonds. The molecule has 0 aromatic carbocycles. The Kier molecular flexibility index (Phi) is 3.74. The van der Waals surface area contributed by atoms with Crippen molar-refractivity contribution in [2.45, 2.75) is 32.2 Å². The molecule has 1 rings (SSSR count). The first kappa shape index (κ1) is 11.0. The third-order valence-electron chi connectivity index (χ3n) is 2.53. The molecule has 4 heteroatoms. The second-order valence-corrected chi connectivity index (χ2v) is 6.38. The lowest BCUT2D eigenvalue weighted by molar-refractivity contribution is 0.294. The molecule has 1 unspecified atom stereocenters. The van der Waals surface area contributed by atoms with Crippen molar-refractivity contribution >= 4 is 9.84 Å². The molecule has 13 heavy (non-hydrogen) atoms. The molecule has 0 heterocycles. The van der Waals surface area contributed by atoms with Gasteiger partial charge in [0.1, 0.15) is 9.84 Å². The fourth-order valence-corrected chi connectivity index (χ4v) is 2.60. The van der Waals surface area contributed by atoms with E-state index < -0.39 is 9.84 Å². The Labute approximate surface area is 80.8 Å². The second kappa shape index (κ2) is 4.42. The van der Waals surface area contributed by atoms with Crippen LogP contribution in [-0.2, 0) is 9.84 Å². The summed E-state index contributed by atoms with van der Waals surface area (Å²) in [5.41, 5.74) is 0. The lowest BCUT2D eigenvalue weighted by Gasteiger charge is -2.27. The molecule has 0 saturated heterocycles. The van der Waals surface area contributed by atoms with Crippen LogP contribution in [0.1, 0.15) is 26.2 Å². The summed E-state index contributed by atoms with van der Waals surface area (Å²) in [5, 5.41) is 3.26. The zero-order valence-electron chi connectivity index (χ0n) is 8.41. The van der Waals surface area contributed by atoms with E-state index in [1.165, 1.54) is 25.5 Å². The van der Waals surface area contributed by atoms with Crippen LogP contribution in [0.4, 0.5) is 0 Å². The number of sulfone groups is 1. The predicted molar refractivity (Wildman–Crippen MR) is 54.5 cm³/mol. The Morgan fingerprint density at radius 3 is 2.46 bits per heavy atom. The zero-order chi connectivity index (χ0) is 9.90. The van der Waals surface area contributed by atoms with Crippen molar-refractivity contribution in [1.82, 2.24) is 5.32 Å². The lowest BCUT2D eigenvalue weighted by Crippen LogP contribution is -2.37. The molecule has 3 nitrogen and oxygen atoms in total. The van der Waals surface area contributed by atoms with Crippen molar-refractivity contribution in [3.63, 3.8) is 0 Å². The molecule has 78 valence electrons. The maximum absolute atomic E-state index is 10.9. The van der Waals surface area contributed by atoms with Crippen molar-refractivity contribution in [2.24, 2.45) is 5.92 Å². The van der Waals surface area contributed by atoms with E-state index in [2.05, 4.69) is 5.32 Å². The van der Waals surface area contributed by atoms with Crippen molar-refractivity contribution in [2.75, 3.05) is 18.6 Å². The average molecular weight is 205 g/mol. The minimum absolute atomic E-state index is 0.0931. The smallest absolute Gasteiger partial charge is 0.148 e. The summed E-state index contributed by atoms with van der Waals surface area (Å²) >= 11 is 0. The summed E-state index contributed by atoms with van der Waals surface area (Å²) in [6.45, 7) is 2.91. The number of rotatable bonds is 5. The van der Waals surface area contributed by atoms with E-state index in [4.69, 9.17) is 0 Å². The van der Waals surface area contributed by atoms with Crippen molar-refractivity contribution in [1.29, 1.82) is 0 Å². The standard InChI is InChI=1S/C9H19NO2S/c1-8(7-13(2,11)12)10-6-9-4-3-5-9/h8-10H,3-7H2,1-2H3. The fraction of sp³-hybridized carbons (Fsp3) is 1.00. The predicted octanol–water partition coefficient (Wildman–Crippen LogP) is 0.809. The largest absolute Gasteiger partial charge is 0.313 e. The minimum Gasteiger partial charge on any atom is -0.313 e. The first-order valence-electron chi connectivity index (χ1n) is 4.88. The minimum atomic E-state index is -2.82. The van der Waals surface area contributed by atoms with Crippen molar-refractivity contribution in [3.05, 3.63) is 0 Å². The van der Waals surface area contributed by atoms with Crippen LogP contribution in [0.25, 0.3) is 0 Å². The fourth-order valence-electron chi connectivity index (χ4n) is 1.58. The van der Waals surface area contributed by atoms with Gasteiger partial charge in [-0.3, -0.25) is 0 Å². The molecular weight excluding hydrogens is 186 g/mol. The molecule has 0 bridgehead atoms. The van der Waals surface area contributed by atoms with E-state index in [-0.39, 0.29) is 11.8 Å². The monoisotopic (exact) mass is 205 g/mol. The van der Waals surface area contributed by atoms with Gasteiger partial charge in [-0.25, -0.2) is 8.42 Å². The molecule has 0 radical (unpaired) electrons. The molecule has 1 fully saturated rings. The summed E-state index contributed by atoms with van der Waals surface area (Å²) in [6.07, 6.45) is 5.23. The Hall–Kier alpha value is -0.0900. The third-order valence-corrected chi connectivity index (χ3v) is 3.64. The van der Waals surface area contributed by atoms with Crippen LogP contribution in [0.3, 0.4) is 0 Å². The van der Waals surface area contributed by atoms with E-state index in [9.17, 15) is 8.42 Å². The van der Waals surface area contributed by atoms with Crippen LogP contribution < -0.4 is 5.32 Å². The molecular formula is C9H19NO2S. The maximum Gasteiger partial charge on any atom is 0.148 e. The van der Waals surface area contributed by atoms with Crippen molar-refractivity contribution in [3.8, 4) is 0 Å². The molecule has 0 spiro atoms. The Morgan fingerprint density at radius 1 is 1.46 bits per heavy atom. The first-order chi connectivity index (χ1) is 5.97. The van der Waals surface area contributed by atoms with Gasteiger partial charge in [0.15, 0.2) is 0 Å². The molecule has 0 aliphatic heterocycles. The van der Waals surface area contributed by atoms with Gasteiger partial charge < -0.3 is 5.32 Å². The van der Waals surface area contributed by atoms with Crippen LogP contribution in [0, 0.1) is 5.92 Å². The Balaban J connectivity index is 2.13. The topological polar surface area (TPSA) is 46.2 Å². The Morgan fingerprint density at radius 2 is 2.08 bits per heavy atom. The van der Waals surface area contributed by atoms with Gasteiger partial charge >= 0.3 is 0 Å². The van der Waals surface area contributed by atoms with Crippen LogP contribution in [0.5, 0.6) is 0 Å². The molecule has 1 aliphatic rings. The summed E-state index contributed by atoms with van der Waals surface area (Å²) < 4.78 is 21.9. The van der Waals surface area contributed by atoms with E-state index in [1.807, 2.05) is 6.92 Å². The number of hydrogen-bond acceptors (Lipinski definition) is 3. The van der Waals surface area contributed by atoms with Crippen LogP contribution in [0.2, 0.25) is 0 Å². The van der Waals surface area contributed by atoms with Crippen LogP contribution in [0.15, 0.2) is 0 Å². The van der Waals surface area contributed by atoms with Crippen molar-refractivity contribution < 1.29 is 8.42 Å². The highest BCUT2D eigenvalue weighted by molar-refractivity contribution is 7.90. The highest BCUT2D eigenvalue weighted by Crippen LogP contribution is 2.25. The van der Waals surface area contributed by atoms with Gasteiger partial charge in [-0.1, -0.05) is 6.42 Å². The third kappa shape index (κ3) is 4.62. The molecule has 1 atom stereocenters. The SMILES string of the molecule is CC(CS(C)(=O)=O)NCC1CCC1. The molecule has 0 aromatic heterocycles. The summed E-state index contributed by atoms with van der Waals surface area (Å²) in [6, 6.07) is 0.0931. The van der Waals surface area contributed by atoms with E-state index in [0.717, 1.165) is 12.5 Å². The highest BCUT2D eigenvalue weighted by Gasteiger charge is 2.18. The number of hydrogen-bond donors (Lipinski definition) is 1. The summed E-state index contributed by atoms with van der Waals surface area (Å²) in [4.78, 5) is 0. The Bertz CT molecular complexity index is 244. The van der Waals surface area contributed by atoms with Gasteiger partial charge in [-0.2, -0.15) is 0 Å². The quantitative estimate of drug-likeness (QED) is 0.722. The first-order valence-corrected chi connectivity index (χ1v) is 6.94. The van der Waals surface area contributed by atoms with Gasteiger partial charge in [0.05, 0.1) is 5.75 Å². The van der Waals surface area contributed by atoms with E-state index in [1.54, 1.807) is 0 Å².